The Morgan fingerprint density at radius 2 is 1.74 bits per heavy atom. The number of nitrogens with zero attached hydrogens (tertiary/aromatic N) is 2. The highest BCUT2D eigenvalue weighted by molar-refractivity contribution is 5.95. The highest BCUT2D eigenvalue weighted by atomic mass is 16.5. The number of amides is 1. The Morgan fingerprint density at radius 3 is 2.48 bits per heavy atom. The van der Waals surface area contributed by atoms with Gasteiger partial charge in [0.05, 0.1) is 35.7 Å². The lowest BCUT2D eigenvalue weighted by Gasteiger charge is -2.16. The molecule has 31 heavy (non-hydrogen) atoms. The number of carbonyl (C=O) groups is 1. The van der Waals surface area contributed by atoms with Gasteiger partial charge in [-0.05, 0) is 67.9 Å². The first-order valence-electron chi connectivity index (χ1n) is 9.98. The van der Waals surface area contributed by atoms with Gasteiger partial charge in [-0.3, -0.25) is 9.78 Å². The predicted molar refractivity (Wildman–Crippen MR) is 121 cm³/mol. The Kier molecular flexibility index (Phi) is 5.80. The van der Waals surface area contributed by atoms with Crippen molar-refractivity contribution in [2.75, 3.05) is 12.4 Å². The zero-order valence-electron chi connectivity index (χ0n) is 17.6. The molecule has 0 aliphatic rings. The molecule has 0 aliphatic carbocycles. The van der Waals surface area contributed by atoms with Crippen LogP contribution in [0.15, 0.2) is 72.9 Å². The molecule has 0 aliphatic heterocycles. The fourth-order valence-corrected chi connectivity index (χ4v) is 3.21. The molecule has 0 saturated heterocycles. The summed E-state index contributed by atoms with van der Waals surface area (Å²) in [6.07, 6.45) is 1.07. The van der Waals surface area contributed by atoms with Crippen LogP contribution in [0.4, 0.5) is 5.69 Å². The molecule has 1 N–H and O–H groups in total. The minimum Gasteiger partial charge on any atom is -0.495 e. The molecule has 0 fully saturated rings. The molecule has 1 amide bonds. The Bertz CT molecular complexity index is 1220. The molecule has 0 radical (unpaired) electrons. The van der Waals surface area contributed by atoms with Gasteiger partial charge in [-0.25, -0.2) is 4.98 Å². The molecule has 0 spiro atoms. The van der Waals surface area contributed by atoms with Gasteiger partial charge in [0.15, 0.2) is 6.10 Å². The van der Waals surface area contributed by atoms with Crippen LogP contribution < -0.4 is 14.8 Å². The van der Waals surface area contributed by atoms with E-state index >= 15 is 0 Å². The highest BCUT2D eigenvalue weighted by Gasteiger charge is 2.17. The summed E-state index contributed by atoms with van der Waals surface area (Å²) in [5.41, 5.74) is 5.05. The van der Waals surface area contributed by atoms with Gasteiger partial charge < -0.3 is 14.8 Å². The number of carbonyl (C=O) groups excluding carboxylic acids is 1. The molecule has 3 aromatic carbocycles. The van der Waals surface area contributed by atoms with Gasteiger partial charge in [-0.2, -0.15) is 0 Å². The van der Waals surface area contributed by atoms with Gasteiger partial charge >= 0.3 is 0 Å². The second kappa shape index (κ2) is 8.83. The number of nitrogens with one attached hydrogen (secondary N) is 1. The Balaban J connectivity index is 1.44. The van der Waals surface area contributed by atoms with Crippen LogP contribution in [0, 0.1) is 6.92 Å². The summed E-state index contributed by atoms with van der Waals surface area (Å²) in [7, 11) is 1.57. The lowest BCUT2D eigenvalue weighted by atomic mass is 10.1. The number of hydrogen-bond donors (Lipinski definition) is 1. The number of hydrogen-bond acceptors (Lipinski definition) is 5. The van der Waals surface area contributed by atoms with Crippen LogP contribution in [0.25, 0.3) is 22.3 Å². The first-order chi connectivity index (χ1) is 15.0. The SMILES string of the molecule is COc1ccc(C)cc1NC(=O)[C@H](C)Oc1ccc(-c2cnc3ccccc3n2)cc1. The zero-order chi connectivity index (χ0) is 21.8. The molecule has 0 saturated carbocycles. The Hall–Kier alpha value is -3.93. The molecule has 6 nitrogen and oxygen atoms in total. The smallest absolute Gasteiger partial charge is 0.265 e. The number of ether oxygens (including phenoxy) is 2. The molecule has 156 valence electrons. The van der Waals surface area contributed by atoms with E-state index in [1.165, 1.54) is 0 Å². The number of benzene rings is 3. The average Bonchev–Trinajstić information content (AvgIpc) is 2.79. The molecule has 1 atom stereocenters. The van der Waals surface area contributed by atoms with Crippen LogP contribution in [0.2, 0.25) is 0 Å². The van der Waals surface area contributed by atoms with E-state index in [9.17, 15) is 4.79 Å². The lowest BCUT2D eigenvalue weighted by Crippen LogP contribution is -2.30. The molecule has 1 heterocycles. The molecule has 4 rings (SSSR count). The summed E-state index contributed by atoms with van der Waals surface area (Å²) in [5.74, 6) is 0.941. The second-order valence-corrected chi connectivity index (χ2v) is 7.22. The van der Waals surface area contributed by atoms with Gasteiger partial charge in [0.25, 0.3) is 5.91 Å². The van der Waals surface area contributed by atoms with Crippen molar-refractivity contribution in [1.82, 2.24) is 9.97 Å². The summed E-state index contributed by atoms with van der Waals surface area (Å²) in [5, 5.41) is 2.87. The van der Waals surface area contributed by atoms with Gasteiger partial charge in [-0.1, -0.05) is 18.2 Å². The quantitative estimate of drug-likeness (QED) is 0.480. The molecule has 1 aromatic heterocycles. The summed E-state index contributed by atoms with van der Waals surface area (Å²) in [6.45, 7) is 3.66. The third-order valence-electron chi connectivity index (χ3n) is 4.89. The van der Waals surface area contributed by atoms with Gasteiger partial charge in [-0.15, -0.1) is 0 Å². The van der Waals surface area contributed by atoms with Gasteiger partial charge in [0.1, 0.15) is 11.5 Å². The lowest BCUT2D eigenvalue weighted by molar-refractivity contribution is -0.122. The number of aromatic nitrogens is 2. The van der Waals surface area contributed by atoms with Crippen LogP contribution in [0.1, 0.15) is 12.5 Å². The monoisotopic (exact) mass is 413 g/mol. The summed E-state index contributed by atoms with van der Waals surface area (Å²) >= 11 is 0. The Morgan fingerprint density at radius 1 is 1.00 bits per heavy atom. The minimum atomic E-state index is -0.684. The number of fused-ring (bicyclic) bond motifs is 1. The van der Waals surface area contributed by atoms with Crippen molar-refractivity contribution in [1.29, 1.82) is 0 Å². The van der Waals surface area contributed by atoms with E-state index < -0.39 is 6.10 Å². The fraction of sp³-hybridized carbons (Fsp3) is 0.160. The second-order valence-electron chi connectivity index (χ2n) is 7.22. The zero-order valence-corrected chi connectivity index (χ0v) is 17.6. The van der Waals surface area contributed by atoms with E-state index in [1.54, 1.807) is 20.2 Å². The largest absolute Gasteiger partial charge is 0.495 e. The number of para-hydroxylation sites is 2. The summed E-state index contributed by atoms with van der Waals surface area (Å²) in [4.78, 5) is 21.7. The van der Waals surface area contributed by atoms with Crippen molar-refractivity contribution in [3.63, 3.8) is 0 Å². The van der Waals surface area contributed by atoms with Crippen LogP contribution in [0.5, 0.6) is 11.5 Å². The van der Waals surface area contributed by atoms with Crippen molar-refractivity contribution in [3.05, 3.63) is 78.5 Å². The molecule has 0 unspecified atom stereocenters. The maximum absolute atomic E-state index is 12.6. The topological polar surface area (TPSA) is 73.3 Å². The van der Waals surface area contributed by atoms with Crippen LogP contribution >= 0.6 is 0 Å². The third-order valence-corrected chi connectivity index (χ3v) is 4.89. The number of anilines is 1. The average molecular weight is 413 g/mol. The number of rotatable bonds is 6. The van der Waals surface area contributed by atoms with E-state index in [2.05, 4.69) is 15.3 Å². The van der Waals surface area contributed by atoms with E-state index in [1.807, 2.05) is 73.7 Å². The van der Waals surface area contributed by atoms with Crippen molar-refractivity contribution in [2.45, 2.75) is 20.0 Å². The number of aryl methyl sites for hydroxylation is 1. The molecule has 6 heteroatoms. The van der Waals surface area contributed by atoms with Crippen molar-refractivity contribution in [3.8, 4) is 22.8 Å². The first-order valence-corrected chi connectivity index (χ1v) is 9.98. The van der Waals surface area contributed by atoms with E-state index in [4.69, 9.17) is 9.47 Å². The summed E-state index contributed by atoms with van der Waals surface area (Å²) in [6, 6.07) is 20.8. The van der Waals surface area contributed by atoms with Crippen molar-refractivity contribution < 1.29 is 14.3 Å². The number of methoxy groups -OCH3 is 1. The molecular weight excluding hydrogens is 390 g/mol. The Labute approximate surface area is 180 Å². The van der Waals surface area contributed by atoms with Crippen LogP contribution in [-0.4, -0.2) is 29.1 Å². The third kappa shape index (κ3) is 4.64. The standard InChI is InChI=1S/C25H23N3O3/c1-16-8-13-24(30-3)22(14-16)28-25(29)17(2)31-19-11-9-18(10-12-19)23-15-26-20-6-4-5-7-21(20)27-23/h4-15,17H,1-3H3,(H,28,29)/t17-/m0/s1. The molecule has 0 bridgehead atoms. The summed E-state index contributed by atoms with van der Waals surface area (Å²) < 4.78 is 11.1. The van der Waals surface area contributed by atoms with Crippen LogP contribution in [-0.2, 0) is 4.79 Å². The normalized spacial score (nSPS) is 11.7. The van der Waals surface area contributed by atoms with E-state index in [0.29, 0.717) is 17.2 Å². The molecule has 4 aromatic rings. The molecular formula is C25H23N3O3. The van der Waals surface area contributed by atoms with E-state index in [0.717, 1.165) is 27.9 Å². The first kappa shape index (κ1) is 20.3. The predicted octanol–water partition coefficient (Wildman–Crippen LogP) is 5.02. The van der Waals surface area contributed by atoms with E-state index in [-0.39, 0.29) is 5.91 Å². The maximum Gasteiger partial charge on any atom is 0.265 e. The van der Waals surface area contributed by atoms with Crippen LogP contribution in [0.3, 0.4) is 0 Å². The fourth-order valence-electron chi connectivity index (χ4n) is 3.21. The minimum absolute atomic E-state index is 0.256. The van der Waals surface area contributed by atoms with Gasteiger partial charge in [0, 0.05) is 5.56 Å². The van der Waals surface area contributed by atoms with Crippen molar-refractivity contribution >= 4 is 22.6 Å². The van der Waals surface area contributed by atoms with Crippen molar-refractivity contribution in [2.24, 2.45) is 0 Å². The van der Waals surface area contributed by atoms with Gasteiger partial charge in [0.2, 0.25) is 0 Å². The highest BCUT2D eigenvalue weighted by Crippen LogP contribution is 2.26. The maximum atomic E-state index is 12.6.